The standard InChI is InChI=1S/C14H24N2O/c1-4-12(5-2)15-11(3)14(17)16-13-9-7-6-8-10-13/h1,11-13,15H,5-10H2,2-3H3,(H,16,17). The summed E-state index contributed by atoms with van der Waals surface area (Å²) in [6.45, 7) is 3.89. The molecule has 2 atom stereocenters. The summed E-state index contributed by atoms with van der Waals surface area (Å²) in [5.74, 6) is 2.72. The van der Waals surface area contributed by atoms with Crippen LogP contribution in [0.2, 0.25) is 0 Å². The molecule has 1 saturated carbocycles. The van der Waals surface area contributed by atoms with Gasteiger partial charge in [-0.2, -0.15) is 0 Å². The summed E-state index contributed by atoms with van der Waals surface area (Å²) >= 11 is 0. The molecular formula is C14H24N2O. The summed E-state index contributed by atoms with van der Waals surface area (Å²) < 4.78 is 0. The predicted octanol–water partition coefficient (Wildman–Crippen LogP) is 1.83. The Balaban J connectivity index is 2.33. The summed E-state index contributed by atoms with van der Waals surface area (Å²) in [5.41, 5.74) is 0. The fourth-order valence-electron chi connectivity index (χ4n) is 2.23. The fourth-order valence-corrected chi connectivity index (χ4v) is 2.23. The lowest BCUT2D eigenvalue weighted by atomic mass is 9.95. The molecule has 1 amide bonds. The first-order chi connectivity index (χ1) is 8.17. The average Bonchev–Trinajstić information content (AvgIpc) is 2.36. The summed E-state index contributed by atoms with van der Waals surface area (Å²) in [4.78, 5) is 11.9. The molecule has 96 valence electrons. The van der Waals surface area contributed by atoms with Crippen LogP contribution in [0.4, 0.5) is 0 Å². The molecule has 1 aliphatic carbocycles. The Morgan fingerprint density at radius 3 is 2.59 bits per heavy atom. The van der Waals surface area contributed by atoms with Gasteiger partial charge in [-0.1, -0.05) is 32.1 Å². The predicted molar refractivity (Wildman–Crippen MR) is 70.5 cm³/mol. The van der Waals surface area contributed by atoms with Crippen molar-refractivity contribution in [2.45, 2.75) is 70.5 Å². The first-order valence-corrected chi connectivity index (χ1v) is 6.70. The summed E-state index contributed by atoms with van der Waals surface area (Å²) in [6.07, 6.45) is 12.2. The number of amides is 1. The Kier molecular flexibility index (Phi) is 6.07. The van der Waals surface area contributed by atoms with E-state index in [1.165, 1.54) is 19.3 Å². The highest BCUT2D eigenvalue weighted by atomic mass is 16.2. The van der Waals surface area contributed by atoms with Crippen molar-refractivity contribution in [2.24, 2.45) is 0 Å². The van der Waals surface area contributed by atoms with Crippen molar-refractivity contribution in [3.63, 3.8) is 0 Å². The normalized spacial score (nSPS) is 20.3. The van der Waals surface area contributed by atoms with E-state index in [0.29, 0.717) is 6.04 Å². The van der Waals surface area contributed by atoms with E-state index >= 15 is 0 Å². The highest BCUT2D eigenvalue weighted by molar-refractivity contribution is 5.81. The number of nitrogens with one attached hydrogen (secondary N) is 2. The number of hydrogen-bond acceptors (Lipinski definition) is 2. The lowest BCUT2D eigenvalue weighted by Crippen LogP contribution is -2.49. The van der Waals surface area contributed by atoms with Crippen LogP contribution in [-0.4, -0.2) is 24.0 Å². The van der Waals surface area contributed by atoms with Gasteiger partial charge in [0.2, 0.25) is 5.91 Å². The zero-order chi connectivity index (χ0) is 12.7. The van der Waals surface area contributed by atoms with Gasteiger partial charge < -0.3 is 5.32 Å². The van der Waals surface area contributed by atoms with Gasteiger partial charge in [0.1, 0.15) is 0 Å². The van der Waals surface area contributed by atoms with Gasteiger partial charge in [0.05, 0.1) is 12.1 Å². The molecule has 0 aromatic heterocycles. The van der Waals surface area contributed by atoms with Crippen molar-refractivity contribution in [3.05, 3.63) is 0 Å². The van der Waals surface area contributed by atoms with Crippen LogP contribution >= 0.6 is 0 Å². The quantitative estimate of drug-likeness (QED) is 0.715. The third-order valence-electron chi connectivity index (χ3n) is 3.41. The van der Waals surface area contributed by atoms with Gasteiger partial charge >= 0.3 is 0 Å². The van der Waals surface area contributed by atoms with Gasteiger partial charge in [0.25, 0.3) is 0 Å². The van der Waals surface area contributed by atoms with Crippen LogP contribution in [0.25, 0.3) is 0 Å². The third kappa shape index (κ3) is 4.79. The number of carbonyl (C=O) groups is 1. The Hall–Kier alpha value is -1.01. The molecule has 2 N–H and O–H groups in total. The molecule has 3 nitrogen and oxygen atoms in total. The largest absolute Gasteiger partial charge is 0.352 e. The molecule has 1 rings (SSSR count). The molecule has 0 aromatic rings. The maximum atomic E-state index is 11.9. The van der Waals surface area contributed by atoms with Crippen LogP contribution in [0.15, 0.2) is 0 Å². The zero-order valence-corrected chi connectivity index (χ0v) is 11.0. The topological polar surface area (TPSA) is 41.1 Å². The second kappa shape index (κ2) is 7.34. The Morgan fingerprint density at radius 1 is 1.41 bits per heavy atom. The summed E-state index contributed by atoms with van der Waals surface area (Å²) in [5, 5.41) is 6.26. The van der Waals surface area contributed by atoms with Crippen LogP contribution < -0.4 is 10.6 Å². The molecule has 0 aliphatic heterocycles. The smallest absolute Gasteiger partial charge is 0.237 e. The van der Waals surface area contributed by atoms with E-state index in [2.05, 4.69) is 16.6 Å². The fraction of sp³-hybridized carbons (Fsp3) is 0.786. The number of carbonyl (C=O) groups excluding carboxylic acids is 1. The molecule has 0 aromatic carbocycles. The van der Waals surface area contributed by atoms with Crippen LogP contribution in [0.5, 0.6) is 0 Å². The lowest BCUT2D eigenvalue weighted by Gasteiger charge is -2.25. The van der Waals surface area contributed by atoms with Crippen LogP contribution in [0.1, 0.15) is 52.4 Å². The molecule has 0 saturated heterocycles. The van der Waals surface area contributed by atoms with E-state index in [0.717, 1.165) is 19.3 Å². The maximum Gasteiger partial charge on any atom is 0.237 e. The van der Waals surface area contributed by atoms with E-state index in [1.54, 1.807) is 0 Å². The molecule has 0 bridgehead atoms. The highest BCUT2D eigenvalue weighted by Crippen LogP contribution is 2.17. The van der Waals surface area contributed by atoms with E-state index in [9.17, 15) is 4.79 Å². The van der Waals surface area contributed by atoms with Crippen molar-refractivity contribution in [3.8, 4) is 12.3 Å². The molecule has 0 heterocycles. The van der Waals surface area contributed by atoms with E-state index < -0.39 is 0 Å². The van der Waals surface area contributed by atoms with Gasteiger partial charge in [-0.3, -0.25) is 10.1 Å². The Labute approximate surface area is 105 Å². The molecule has 1 fully saturated rings. The van der Waals surface area contributed by atoms with Crippen molar-refractivity contribution < 1.29 is 4.79 Å². The van der Waals surface area contributed by atoms with E-state index in [-0.39, 0.29) is 18.0 Å². The van der Waals surface area contributed by atoms with Crippen LogP contribution in [0, 0.1) is 12.3 Å². The maximum absolute atomic E-state index is 11.9. The molecule has 3 heteroatoms. The molecular weight excluding hydrogens is 212 g/mol. The van der Waals surface area contributed by atoms with Crippen LogP contribution in [0.3, 0.4) is 0 Å². The minimum Gasteiger partial charge on any atom is -0.352 e. The molecule has 1 aliphatic rings. The third-order valence-corrected chi connectivity index (χ3v) is 3.41. The molecule has 2 unspecified atom stereocenters. The second-order valence-electron chi connectivity index (χ2n) is 4.86. The van der Waals surface area contributed by atoms with Crippen LogP contribution in [-0.2, 0) is 4.79 Å². The first kappa shape index (κ1) is 14.1. The number of rotatable bonds is 5. The van der Waals surface area contributed by atoms with Gasteiger partial charge in [-0.25, -0.2) is 0 Å². The SMILES string of the molecule is C#CC(CC)NC(C)C(=O)NC1CCCCC1. The molecule has 0 radical (unpaired) electrons. The van der Waals surface area contributed by atoms with Crippen molar-refractivity contribution in [1.82, 2.24) is 10.6 Å². The van der Waals surface area contributed by atoms with Gasteiger partial charge in [0.15, 0.2) is 0 Å². The monoisotopic (exact) mass is 236 g/mol. The zero-order valence-electron chi connectivity index (χ0n) is 11.0. The van der Waals surface area contributed by atoms with Crippen molar-refractivity contribution in [1.29, 1.82) is 0 Å². The summed E-state index contributed by atoms with van der Waals surface area (Å²) in [7, 11) is 0. The minimum absolute atomic E-state index is 0.0119. The van der Waals surface area contributed by atoms with Crippen molar-refractivity contribution >= 4 is 5.91 Å². The van der Waals surface area contributed by atoms with Crippen molar-refractivity contribution in [2.75, 3.05) is 0 Å². The Morgan fingerprint density at radius 2 is 2.06 bits per heavy atom. The number of terminal acetylenes is 1. The van der Waals surface area contributed by atoms with E-state index in [1.807, 2.05) is 13.8 Å². The van der Waals surface area contributed by atoms with E-state index in [4.69, 9.17) is 6.42 Å². The highest BCUT2D eigenvalue weighted by Gasteiger charge is 2.20. The first-order valence-electron chi connectivity index (χ1n) is 6.70. The van der Waals surface area contributed by atoms with Gasteiger partial charge in [-0.15, -0.1) is 6.42 Å². The van der Waals surface area contributed by atoms with Gasteiger partial charge in [0, 0.05) is 6.04 Å². The number of hydrogen-bond donors (Lipinski definition) is 2. The van der Waals surface area contributed by atoms with Gasteiger partial charge in [-0.05, 0) is 26.2 Å². The Bertz CT molecular complexity index is 276. The average molecular weight is 236 g/mol. The summed E-state index contributed by atoms with van der Waals surface area (Å²) in [6, 6.07) is 0.145. The minimum atomic E-state index is -0.210. The molecule has 0 spiro atoms. The lowest BCUT2D eigenvalue weighted by molar-refractivity contribution is -0.123. The molecule has 17 heavy (non-hydrogen) atoms. The second-order valence-corrected chi connectivity index (χ2v) is 4.86.